The maximum atomic E-state index is 10.7. The molecule has 0 radical (unpaired) electrons. The van der Waals surface area contributed by atoms with Gasteiger partial charge in [0.2, 0.25) is 0 Å². The molecule has 1 aromatic heterocycles. The number of nitrogens with zero attached hydrogens (tertiary/aromatic N) is 3. The van der Waals surface area contributed by atoms with Gasteiger partial charge in [-0.25, -0.2) is 9.78 Å². The van der Waals surface area contributed by atoms with Gasteiger partial charge < -0.3 is 10.4 Å². The lowest BCUT2D eigenvalue weighted by Gasteiger charge is -1.99. The number of hydrogen-bond donors (Lipinski definition) is 2. The molecule has 0 aromatic carbocycles. The summed E-state index contributed by atoms with van der Waals surface area (Å²) < 4.78 is 1.63. The maximum absolute atomic E-state index is 10.7. The van der Waals surface area contributed by atoms with Gasteiger partial charge in [-0.05, 0) is 6.42 Å². The van der Waals surface area contributed by atoms with Crippen LogP contribution in [0.25, 0.3) is 0 Å². The molecular weight excluding hydrogens is 208 g/mol. The molecule has 2 N–H and O–H groups in total. The number of carbonyl (C=O) groups is 1. The van der Waals surface area contributed by atoms with Crippen molar-refractivity contribution in [3.05, 3.63) is 23.8 Å². The topological polar surface area (TPSA) is 80.0 Å². The number of aryl methyl sites for hydroxylation is 1. The van der Waals surface area contributed by atoms with Crippen LogP contribution in [0, 0.1) is 0 Å². The summed E-state index contributed by atoms with van der Waals surface area (Å²) in [5.41, 5.74) is 0.418. The summed E-state index contributed by atoms with van der Waals surface area (Å²) in [6.07, 6.45) is 3.83. The highest BCUT2D eigenvalue weighted by Crippen LogP contribution is 1.99. The van der Waals surface area contributed by atoms with Gasteiger partial charge in [0, 0.05) is 19.2 Å². The van der Waals surface area contributed by atoms with Crippen molar-refractivity contribution in [2.24, 2.45) is 7.05 Å². The van der Waals surface area contributed by atoms with E-state index in [-0.39, 0.29) is 0 Å². The average Bonchev–Trinajstić information content (AvgIpc) is 2.64. The summed E-state index contributed by atoms with van der Waals surface area (Å²) in [7, 11) is 1.80. The Hall–Kier alpha value is -1.69. The number of hydrogen-bond acceptors (Lipinski definition) is 4. The highest BCUT2D eigenvalue weighted by Gasteiger charge is 2.02. The Morgan fingerprint density at radius 2 is 2.44 bits per heavy atom. The van der Waals surface area contributed by atoms with E-state index in [4.69, 9.17) is 5.11 Å². The molecule has 1 heterocycles. The van der Waals surface area contributed by atoms with Gasteiger partial charge in [0.1, 0.15) is 6.33 Å². The number of carboxylic acids is 1. The summed E-state index contributed by atoms with van der Waals surface area (Å²) in [5, 5.41) is 15.9. The molecule has 0 atom stereocenters. The molecule has 0 amide bonds. The van der Waals surface area contributed by atoms with E-state index in [2.05, 4.69) is 15.4 Å². The lowest BCUT2D eigenvalue weighted by atomic mass is 10.2. The predicted octanol–water partition coefficient (Wildman–Crippen LogP) is 0.326. The monoisotopic (exact) mass is 224 g/mol. The van der Waals surface area contributed by atoms with Crippen LogP contribution in [-0.2, 0) is 18.4 Å². The number of rotatable bonds is 6. The van der Waals surface area contributed by atoms with Gasteiger partial charge in [-0.2, -0.15) is 5.10 Å². The first-order valence-electron chi connectivity index (χ1n) is 5.11. The molecule has 88 valence electrons. The molecule has 0 saturated carbocycles. The Kier molecular flexibility index (Phi) is 4.65. The molecule has 0 unspecified atom stereocenters. The molecule has 1 aromatic rings. The van der Waals surface area contributed by atoms with Crippen LogP contribution in [0.1, 0.15) is 19.2 Å². The van der Waals surface area contributed by atoms with Crippen LogP contribution in [0.15, 0.2) is 18.0 Å². The Morgan fingerprint density at radius 1 is 1.69 bits per heavy atom. The molecule has 0 fully saturated rings. The van der Waals surface area contributed by atoms with Crippen molar-refractivity contribution < 1.29 is 9.90 Å². The van der Waals surface area contributed by atoms with Crippen molar-refractivity contribution in [2.45, 2.75) is 19.9 Å². The van der Waals surface area contributed by atoms with E-state index >= 15 is 0 Å². The molecule has 0 spiro atoms. The molecule has 16 heavy (non-hydrogen) atoms. The van der Waals surface area contributed by atoms with Crippen LogP contribution in [-0.4, -0.2) is 32.4 Å². The fourth-order valence-electron chi connectivity index (χ4n) is 1.23. The summed E-state index contributed by atoms with van der Waals surface area (Å²) in [6.45, 7) is 2.86. The van der Waals surface area contributed by atoms with E-state index in [1.54, 1.807) is 24.1 Å². The lowest BCUT2D eigenvalue weighted by molar-refractivity contribution is -0.132. The number of nitrogens with one attached hydrogen (secondary N) is 1. The van der Waals surface area contributed by atoms with Gasteiger partial charge in [0.25, 0.3) is 0 Å². The highest BCUT2D eigenvalue weighted by atomic mass is 16.4. The van der Waals surface area contributed by atoms with E-state index < -0.39 is 5.97 Å². The van der Waals surface area contributed by atoms with Gasteiger partial charge in [0.15, 0.2) is 5.82 Å². The number of carboxylic acid groups (broad SMARTS) is 1. The van der Waals surface area contributed by atoms with E-state index in [0.29, 0.717) is 30.9 Å². The van der Waals surface area contributed by atoms with Crippen LogP contribution in [0.2, 0.25) is 0 Å². The van der Waals surface area contributed by atoms with E-state index in [1.807, 2.05) is 6.92 Å². The Balaban J connectivity index is 2.33. The minimum Gasteiger partial charge on any atom is -0.478 e. The summed E-state index contributed by atoms with van der Waals surface area (Å²) in [4.78, 5) is 14.7. The maximum Gasteiger partial charge on any atom is 0.331 e. The van der Waals surface area contributed by atoms with Gasteiger partial charge in [0.05, 0.1) is 6.54 Å². The fraction of sp³-hybridized carbons (Fsp3) is 0.500. The molecule has 0 aliphatic rings. The minimum atomic E-state index is -0.861. The SMILES string of the molecule is CCC(=CCNCc1ncn(C)n1)C(=O)O. The first kappa shape index (κ1) is 12.4. The second-order valence-corrected chi connectivity index (χ2v) is 3.35. The first-order valence-corrected chi connectivity index (χ1v) is 5.11. The minimum absolute atomic E-state index is 0.418. The van der Waals surface area contributed by atoms with Crippen molar-refractivity contribution in [1.82, 2.24) is 20.1 Å². The molecular formula is C10H16N4O2. The zero-order chi connectivity index (χ0) is 12.0. The normalized spacial score (nSPS) is 11.8. The van der Waals surface area contributed by atoms with Crippen molar-refractivity contribution in [2.75, 3.05) is 6.54 Å². The van der Waals surface area contributed by atoms with Gasteiger partial charge in [-0.15, -0.1) is 0 Å². The Labute approximate surface area is 94.0 Å². The molecule has 0 bridgehead atoms. The number of aromatic nitrogens is 3. The zero-order valence-corrected chi connectivity index (χ0v) is 9.47. The highest BCUT2D eigenvalue weighted by molar-refractivity contribution is 5.86. The second kappa shape index (κ2) is 6.02. The molecule has 0 aliphatic carbocycles. The standard InChI is InChI=1S/C10H16N4O2/c1-3-8(10(15)16)4-5-11-6-9-12-7-14(2)13-9/h4,7,11H,3,5-6H2,1-2H3,(H,15,16). The fourth-order valence-corrected chi connectivity index (χ4v) is 1.23. The van der Waals surface area contributed by atoms with Gasteiger partial charge in [-0.3, -0.25) is 4.68 Å². The quantitative estimate of drug-likeness (QED) is 0.537. The largest absolute Gasteiger partial charge is 0.478 e. The smallest absolute Gasteiger partial charge is 0.331 e. The molecule has 0 aliphatic heterocycles. The average molecular weight is 224 g/mol. The molecule has 1 rings (SSSR count). The van der Waals surface area contributed by atoms with Crippen LogP contribution in [0.5, 0.6) is 0 Å². The van der Waals surface area contributed by atoms with E-state index in [1.165, 1.54) is 0 Å². The summed E-state index contributed by atoms with van der Waals surface area (Å²) in [6, 6.07) is 0. The first-order chi connectivity index (χ1) is 7.63. The molecule has 6 nitrogen and oxygen atoms in total. The second-order valence-electron chi connectivity index (χ2n) is 3.35. The summed E-state index contributed by atoms with van der Waals surface area (Å²) >= 11 is 0. The Morgan fingerprint density at radius 3 is 2.94 bits per heavy atom. The third-order valence-electron chi connectivity index (χ3n) is 2.08. The van der Waals surface area contributed by atoms with Crippen molar-refractivity contribution in [3.8, 4) is 0 Å². The molecule has 6 heteroatoms. The zero-order valence-electron chi connectivity index (χ0n) is 9.47. The van der Waals surface area contributed by atoms with Crippen molar-refractivity contribution in [3.63, 3.8) is 0 Å². The van der Waals surface area contributed by atoms with Crippen LogP contribution in [0.4, 0.5) is 0 Å². The summed E-state index contributed by atoms with van der Waals surface area (Å²) in [5.74, 6) is -0.162. The lowest BCUT2D eigenvalue weighted by Crippen LogP contribution is -2.15. The van der Waals surface area contributed by atoms with Gasteiger partial charge >= 0.3 is 5.97 Å². The van der Waals surface area contributed by atoms with Crippen LogP contribution in [0.3, 0.4) is 0 Å². The van der Waals surface area contributed by atoms with E-state index in [9.17, 15) is 4.79 Å². The van der Waals surface area contributed by atoms with Crippen molar-refractivity contribution in [1.29, 1.82) is 0 Å². The third kappa shape index (κ3) is 3.82. The van der Waals surface area contributed by atoms with Crippen LogP contribution < -0.4 is 5.32 Å². The molecule has 0 saturated heterocycles. The van der Waals surface area contributed by atoms with Crippen molar-refractivity contribution >= 4 is 5.97 Å². The van der Waals surface area contributed by atoms with E-state index in [0.717, 1.165) is 0 Å². The third-order valence-corrected chi connectivity index (χ3v) is 2.08. The van der Waals surface area contributed by atoms with Gasteiger partial charge in [-0.1, -0.05) is 13.0 Å². The van der Waals surface area contributed by atoms with Crippen LogP contribution >= 0.6 is 0 Å². The predicted molar refractivity (Wildman–Crippen MR) is 58.7 cm³/mol. The number of aliphatic carboxylic acids is 1. The Bertz CT molecular complexity index is 384.